The lowest BCUT2D eigenvalue weighted by Gasteiger charge is -2.00. The van der Waals surface area contributed by atoms with Gasteiger partial charge in [0.1, 0.15) is 23.2 Å². The van der Waals surface area contributed by atoms with E-state index in [0.717, 1.165) is 0 Å². The summed E-state index contributed by atoms with van der Waals surface area (Å²) in [5.74, 6) is -0.221. The van der Waals surface area contributed by atoms with Gasteiger partial charge in [0.25, 0.3) is 0 Å². The number of aromatic hydroxyl groups is 1. The van der Waals surface area contributed by atoms with Gasteiger partial charge in [0.05, 0.1) is 12.2 Å². The van der Waals surface area contributed by atoms with Crippen molar-refractivity contribution in [2.45, 2.75) is 13.0 Å². The van der Waals surface area contributed by atoms with Crippen LogP contribution >= 0.6 is 0 Å². The number of Topliss-reactive ketones (excluding diaryl/α,β-unsaturated/α-hetero) is 1. The number of hydrogen-bond acceptors (Lipinski definition) is 5. The predicted octanol–water partition coefficient (Wildman–Crippen LogP) is 1.37. The zero-order valence-electron chi connectivity index (χ0n) is 9.17. The molecule has 0 saturated heterocycles. The van der Waals surface area contributed by atoms with Gasteiger partial charge in [-0.15, -0.1) is 0 Å². The molecule has 0 fully saturated rings. The fourth-order valence-electron chi connectivity index (χ4n) is 1.63. The fourth-order valence-corrected chi connectivity index (χ4v) is 1.63. The van der Waals surface area contributed by atoms with Crippen molar-refractivity contribution in [3.8, 4) is 5.75 Å². The first kappa shape index (κ1) is 11.6. The molecule has 0 bridgehead atoms. The summed E-state index contributed by atoms with van der Waals surface area (Å²) in [6.45, 7) is 0.899. The van der Waals surface area contributed by atoms with E-state index in [9.17, 15) is 15.0 Å². The van der Waals surface area contributed by atoms with Crippen LogP contribution in [0.25, 0.3) is 11.0 Å². The number of ketones is 1. The van der Waals surface area contributed by atoms with Crippen molar-refractivity contribution in [1.82, 2.24) is 0 Å². The lowest BCUT2D eigenvalue weighted by molar-refractivity contribution is 0.0789. The number of aliphatic hydroxyl groups is 2. The second-order valence-corrected chi connectivity index (χ2v) is 3.81. The van der Waals surface area contributed by atoms with Crippen molar-refractivity contribution < 1.29 is 24.5 Å². The zero-order valence-corrected chi connectivity index (χ0v) is 9.17. The molecule has 0 aliphatic carbocycles. The van der Waals surface area contributed by atoms with Crippen LogP contribution in [0.4, 0.5) is 0 Å². The Kier molecular flexibility index (Phi) is 2.87. The molecule has 5 nitrogen and oxygen atoms in total. The summed E-state index contributed by atoms with van der Waals surface area (Å²) >= 11 is 0. The monoisotopic (exact) mass is 236 g/mol. The van der Waals surface area contributed by atoms with Gasteiger partial charge in [-0.05, 0) is 19.1 Å². The first-order valence-electron chi connectivity index (χ1n) is 5.09. The van der Waals surface area contributed by atoms with E-state index in [4.69, 9.17) is 9.52 Å². The Morgan fingerprint density at radius 2 is 2.12 bits per heavy atom. The van der Waals surface area contributed by atoms with Gasteiger partial charge in [-0.2, -0.15) is 0 Å². The lowest BCUT2D eigenvalue weighted by Crippen LogP contribution is -1.99. The summed E-state index contributed by atoms with van der Waals surface area (Å²) < 4.78 is 5.25. The topological polar surface area (TPSA) is 90.9 Å². The van der Waals surface area contributed by atoms with E-state index >= 15 is 0 Å². The molecule has 0 aliphatic heterocycles. The van der Waals surface area contributed by atoms with Gasteiger partial charge in [0.2, 0.25) is 0 Å². The number of fused-ring (bicyclic) bond motifs is 1. The summed E-state index contributed by atoms with van der Waals surface area (Å²) in [6.07, 6.45) is -1.11. The van der Waals surface area contributed by atoms with Crippen molar-refractivity contribution in [2.75, 3.05) is 6.61 Å². The van der Waals surface area contributed by atoms with Crippen LogP contribution in [0.5, 0.6) is 5.75 Å². The Balaban J connectivity index is 2.58. The van der Waals surface area contributed by atoms with Gasteiger partial charge in [-0.1, -0.05) is 0 Å². The molecule has 5 heteroatoms. The molecule has 2 aromatic rings. The Hall–Kier alpha value is -1.85. The summed E-state index contributed by atoms with van der Waals surface area (Å²) in [6, 6.07) is 4.34. The Morgan fingerprint density at radius 1 is 1.41 bits per heavy atom. The van der Waals surface area contributed by atoms with Crippen molar-refractivity contribution in [3.05, 3.63) is 29.5 Å². The molecule has 0 aliphatic rings. The van der Waals surface area contributed by atoms with Gasteiger partial charge >= 0.3 is 0 Å². The smallest absolute Gasteiger partial charge is 0.163 e. The number of phenolic OH excluding ortho intramolecular Hbond substituents is 1. The number of carbonyl (C=O) groups excluding carboxylic acids is 1. The number of aliphatic hydroxyl groups excluding tert-OH is 2. The van der Waals surface area contributed by atoms with Crippen LogP contribution in [0.3, 0.4) is 0 Å². The minimum Gasteiger partial charge on any atom is -0.507 e. The van der Waals surface area contributed by atoms with Crippen molar-refractivity contribution in [3.63, 3.8) is 0 Å². The minimum absolute atomic E-state index is 0.163. The van der Waals surface area contributed by atoms with Crippen LogP contribution in [-0.4, -0.2) is 27.7 Å². The molecule has 3 N–H and O–H groups in total. The molecule has 2 rings (SSSR count). The second kappa shape index (κ2) is 4.20. The highest BCUT2D eigenvalue weighted by Gasteiger charge is 2.15. The molecule has 0 amide bonds. The summed E-state index contributed by atoms with van der Waals surface area (Å²) in [4.78, 5) is 11.2. The SMILES string of the molecule is CC(=O)c1cc2cc(C(O)CO)oc2cc1O. The second-order valence-electron chi connectivity index (χ2n) is 3.81. The first-order valence-corrected chi connectivity index (χ1v) is 5.09. The van der Waals surface area contributed by atoms with Crippen molar-refractivity contribution in [1.29, 1.82) is 0 Å². The molecule has 0 radical (unpaired) electrons. The molecule has 90 valence electrons. The number of carbonyl (C=O) groups is 1. The highest BCUT2D eigenvalue weighted by atomic mass is 16.4. The Morgan fingerprint density at radius 3 is 2.71 bits per heavy atom. The highest BCUT2D eigenvalue weighted by molar-refractivity contribution is 6.00. The van der Waals surface area contributed by atoms with E-state index in [1.807, 2.05) is 0 Å². The van der Waals surface area contributed by atoms with Crippen LogP contribution in [0, 0.1) is 0 Å². The lowest BCUT2D eigenvalue weighted by atomic mass is 10.1. The predicted molar refractivity (Wildman–Crippen MR) is 59.9 cm³/mol. The molecule has 1 aromatic carbocycles. The molecule has 1 heterocycles. The van der Waals surface area contributed by atoms with Crippen molar-refractivity contribution in [2.24, 2.45) is 0 Å². The van der Waals surface area contributed by atoms with Gasteiger partial charge < -0.3 is 19.7 Å². The van der Waals surface area contributed by atoms with Crippen LogP contribution in [0.1, 0.15) is 29.1 Å². The average molecular weight is 236 g/mol. The third kappa shape index (κ3) is 2.02. The number of benzene rings is 1. The molecule has 0 spiro atoms. The van der Waals surface area contributed by atoms with E-state index in [2.05, 4.69) is 0 Å². The minimum atomic E-state index is -1.11. The number of phenols is 1. The number of rotatable bonds is 3. The zero-order chi connectivity index (χ0) is 12.6. The molecule has 1 aromatic heterocycles. The summed E-state index contributed by atoms with van der Waals surface area (Å²) in [5.41, 5.74) is 0.554. The highest BCUT2D eigenvalue weighted by Crippen LogP contribution is 2.29. The molecule has 1 atom stereocenters. The van der Waals surface area contributed by atoms with E-state index in [-0.39, 0.29) is 22.9 Å². The van der Waals surface area contributed by atoms with E-state index in [1.54, 1.807) is 0 Å². The largest absolute Gasteiger partial charge is 0.507 e. The number of hydrogen-bond donors (Lipinski definition) is 3. The van der Waals surface area contributed by atoms with Crippen molar-refractivity contribution >= 4 is 16.8 Å². The standard InChI is InChI=1S/C12H12O5/c1-6(14)8-2-7-3-12(10(16)5-13)17-11(7)4-9(8)15/h2-4,10,13,15-16H,5H2,1H3. The molecular formula is C12H12O5. The summed E-state index contributed by atoms with van der Waals surface area (Å²) in [5, 5.41) is 28.4. The maximum absolute atomic E-state index is 11.2. The number of furan rings is 1. The van der Waals surface area contributed by atoms with E-state index in [0.29, 0.717) is 11.0 Å². The maximum Gasteiger partial charge on any atom is 0.163 e. The van der Waals surface area contributed by atoms with Gasteiger partial charge in [0, 0.05) is 11.5 Å². The average Bonchev–Trinajstić information content (AvgIpc) is 2.69. The third-order valence-corrected chi connectivity index (χ3v) is 2.53. The van der Waals surface area contributed by atoms with Gasteiger partial charge in [-0.25, -0.2) is 0 Å². The van der Waals surface area contributed by atoms with E-state index < -0.39 is 12.7 Å². The van der Waals surface area contributed by atoms with Gasteiger partial charge in [0.15, 0.2) is 5.78 Å². The molecular weight excluding hydrogens is 224 g/mol. The van der Waals surface area contributed by atoms with Crippen LogP contribution < -0.4 is 0 Å². The van der Waals surface area contributed by atoms with Crippen LogP contribution in [-0.2, 0) is 0 Å². The fraction of sp³-hybridized carbons (Fsp3) is 0.250. The molecule has 17 heavy (non-hydrogen) atoms. The van der Waals surface area contributed by atoms with Gasteiger partial charge in [-0.3, -0.25) is 4.79 Å². The quantitative estimate of drug-likeness (QED) is 0.700. The maximum atomic E-state index is 11.2. The Labute approximate surface area is 96.9 Å². The molecule has 0 saturated carbocycles. The van der Waals surface area contributed by atoms with E-state index in [1.165, 1.54) is 25.1 Å². The molecule has 1 unspecified atom stereocenters. The summed E-state index contributed by atoms with van der Waals surface area (Å²) in [7, 11) is 0. The van der Waals surface area contributed by atoms with Crippen LogP contribution in [0.2, 0.25) is 0 Å². The van der Waals surface area contributed by atoms with Crippen LogP contribution in [0.15, 0.2) is 22.6 Å². The first-order chi connectivity index (χ1) is 8.02. The normalized spacial score (nSPS) is 12.9. The Bertz CT molecular complexity index is 570. The third-order valence-electron chi connectivity index (χ3n) is 2.53.